The second kappa shape index (κ2) is 7.79. The van der Waals surface area contributed by atoms with Crippen LogP contribution in [-0.2, 0) is 0 Å². The van der Waals surface area contributed by atoms with Crippen LogP contribution in [0.15, 0.2) is 67.4 Å². The van der Waals surface area contributed by atoms with Crippen molar-refractivity contribution in [1.29, 1.82) is 0 Å². The molecule has 3 nitrogen and oxygen atoms in total. The molecule has 4 heteroatoms. The van der Waals surface area contributed by atoms with Crippen LogP contribution in [0, 0.1) is 5.82 Å². The van der Waals surface area contributed by atoms with Gasteiger partial charge in [0.1, 0.15) is 11.6 Å². The summed E-state index contributed by atoms with van der Waals surface area (Å²) >= 11 is 0. The Hall–Kier alpha value is -2.59. The van der Waals surface area contributed by atoms with Gasteiger partial charge in [0, 0.05) is 23.8 Å². The summed E-state index contributed by atoms with van der Waals surface area (Å²) in [5.74, 6) is 0.636. The Labute approximate surface area is 141 Å². The van der Waals surface area contributed by atoms with Crippen molar-refractivity contribution in [1.82, 2.24) is 9.88 Å². The van der Waals surface area contributed by atoms with Gasteiger partial charge < -0.3 is 14.6 Å². The SMILES string of the molecule is C=CCNCCCOc1ccc2c(ccn2-c2ccc(F)cc2)c1. The van der Waals surface area contributed by atoms with Crippen LogP contribution in [0.2, 0.25) is 0 Å². The summed E-state index contributed by atoms with van der Waals surface area (Å²) in [6, 6.07) is 14.6. The number of ether oxygens (including phenoxy) is 1. The van der Waals surface area contributed by atoms with Gasteiger partial charge >= 0.3 is 0 Å². The van der Waals surface area contributed by atoms with Crippen LogP contribution in [0.1, 0.15) is 6.42 Å². The predicted molar refractivity (Wildman–Crippen MR) is 96.4 cm³/mol. The van der Waals surface area contributed by atoms with E-state index < -0.39 is 0 Å². The number of benzene rings is 2. The van der Waals surface area contributed by atoms with Crippen LogP contribution in [0.3, 0.4) is 0 Å². The molecule has 1 N–H and O–H groups in total. The molecule has 0 atom stereocenters. The summed E-state index contributed by atoms with van der Waals surface area (Å²) in [6.07, 6.45) is 4.78. The molecule has 0 aliphatic carbocycles. The average molecular weight is 324 g/mol. The largest absolute Gasteiger partial charge is 0.494 e. The van der Waals surface area contributed by atoms with Crippen LogP contribution in [0.5, 0.6) is 5.75 Å². The topological polar surface area (TPSA) is 26.2 Å². The van der Waals surface area contributed by atoms with Crippen LogP contribution in [-0.4, -0.2) is 24.3 Å². The summed E-state index contributed by atoms with van der Waals surface area (Å²) in [6.45, 7) is 6.08. The molecule has 0 aliphatic heterocycles. The van der Waals surface area contributed by atoms with E-state index in [1.165, 1.54) is 12.1 Å². The third-order valence-electron chi connectivity index (χ3n) is 3.82. The van der Waals surface area contributed by atoms with E-state index in [1.807, 2.05) is 41.1 Å². The van der Waals surface area contributed by atoms with E-state index in [0.29, 0.717) is 6.61 Å². The fraction of sp³-hybridized carbons (Fsp3) is 0.200. The normalized spacial score (nSPS) is 10.9. The molecule has 0 fully saturated rings. The van der Waals surface area contributed by atoms with Gasteiger partial charge in [-0.25, -0.2) is 4.39 Å². The van der Waals surface area contributed by atoms with Gasteiger partial charge in [0.25, 0.3) is 0 Å². The molecule has 0 spiro atoms. The van der Waals surface area contributed by atoms with E-state index in [0.717, 1.165) is 41.9 Å². The minimum Gasteiger partial charge on any atom is -0.494 e. The van der Waals surface area contributed by atoms with Crippen molar-refractivity contribution >= 4 is 10.9 Å². The third-order valence-corrected chi connectivity index (χ3v) is 3.82. The summed E-state index contributed by atoms with van der Waals surface area (Å²) in [7, 11) is 0. The first-order valence-corrected chi connectivity index (χ1v) is 8.09. The highest BCUT2D eigenvalue weighted by Crippen LogP contribution is 2.25. The summed E-state index contributed by atoms with van der Waals surface area (Å²) < 4.78 is 20.9. The molecule has 3 rings (SSSR count). The highest BCUT2D eigenvalue weighted by molar-refractivity contribution is 5.83. The molecule has 0 aliphatic rings. The lowest BCUT2D eigenvalue weighted by Gasteiger charge is -2.08. The van der Waals surface area contributed by atoms with Crippen LogP contribution in [0.4, 0.5) is 4.39 Å². The summed E-state index contributed by atoms with van der Waals surface area (Å²) in [4.78, 5) is 0. The lowest BCUT2D eigenvalue weighted by Crippen LogP contribution is -2.17. The number of halogens is 1. The second-order valence-electron chi connectivity index (χ2n) is 5.58. The van der Waals surface area contributed by atoms with Crippen molar-refractivity contribution in [2.24, 2.45) is 0 Å². The Morgan fingerprint density at radius 1 is 1.12 bits per heavy atom. The molecular formula is C20H21FN2O. The summed E-state index contributed by atoms with van der Waals surface area (Å²) in [5.41, 5.74) is 2.01. The van der Waals surface area contributed by atoms with Gasteiger partial charge in [0.2, 0.25) is 0 Å². The fourth-order valence-electron chi connectivity index (χ4n) is 2.63. The first kappa shape index (κ1) is 16.3. The number of fused-ring (bicyclic) bond motifs is 1. The van der Waals surface area contributed by atoms with Gasteiger partial charge in [-0.1, -0.05) is 6.08 Å². The van der Waals surface area contributed by atoms with Crippen molar-refractivity contribution in [3.63, 3.8) is 0 Å². The quantitative estimate of drug-likeness (QED) is 0.493. The number of hydrogen-bond donors (Lipinski definition) is 1. The Bertz CT molecular complexity index is 808. The second-order valence-corrected chi connectivity index (χ2v) is 5.58. The maximum atomic E-state index is 13.1. The molecule has 0 radical (unpaired) electrons. The van der Waals surface area contributed by atoms with Crippen molar-refractivity contribution in [3.8, 4) is 11.4 Å². The van der Waals surface area contributed by atoms with Crippen molar-refractivity contribution in [2.75, 3.05) is 19.7 Å². The molecule has 124 valence electrons. The first-order chi connectivity index (χ1) is 11.8. The highest BCUT2D eigenvalue weighted by Gasteiger charge is 2.05. The molecule has 0 amide bonds. The molecule has 2 aromatic carbocycles. The van der Waals surface area contributed by atoms with Gasteiger partial charge in [0.15, 0.2) is 0 Å². The van der Waals surface area contributed by atoms with E-state index in [1.54, 1.807) is 12.1 Å². The number of aromatic nitrogens is 1. The first-order valence-electron chi connectivity index (χ1n) is 8.09. The minimum atomic E-state index is -0.228. The van der Waals surface area contributed by atoms with Crippen molar-refractivity contribution < 1.29 is 9.13 Å². The number of nitrogens with one attached hydrogen (secondary N) is 1. The summed E-state index contributed by atoms with van der Waals surface area (Å²) in [5, 5.41) is 4.35. The molecule has 1 heterocycles. The van der Waals surface area contributed by atoms with Gasteiger partial charge in [-0.15, -0.1) is 6.58 Å². The molecular weight excluding hydrogens is 303 g/mol. The third kappa shape index (κ3) is 3.84. The zero-order valence-electron chi connectivity index (χ0n) is 13.5. The zero-order chi connectivity index (χ0) is 16.8. The number of rotatable bonds is 8. The molecule has 24 heavy (non-hydrogen) atoms. The van der Waals surface area contributed by atoms with E-state index in [9.17, 15) is 4.39 Å². The Kier molecular flexibility index (Phi) is 5.29. The van der Waals surface area contributed by atoms with E-state index in [4.69, 9.17) is 4.74 Å². The fourth-order valence-corrected chi connectivity index (χ4v) is 2.63. The van der Waals surface area contributed by atoms with Gasteiger partial charge in [-0.3, -0.25) is 0 Å². The van der Waals surface area contributed by atoms with Crippen molar-refractivity contribution in [3.05, 3.63) is 73.2 Å². The molecule has 0 unspecified atom stereocenters. The van der Waals surface area contributed by atoms with Gasteiger partial charge in [0.05, 0.1) is 12.1 Å². The van der Waals surface area contributed by atoms with Crippen LogP contribution < -0.4 is 10.1 Å². The Morgan fingerprint density at radius 2 is 1.96 bits per heavy atom. The monoisotopic (exact) mass is 324 g/mol. The molecule has 0 bridgehead atoms. The maximum absolute atomic E-state index is 13.1. The van der Waals surface area contributed by atoms with Crippen LogP contribution in [0.25, 0.3) is 16.6 Å². The van der Waals surface area contributed by atoms with Gasteiger partial charge in [-0.2, -0.15) is 0 Å². The van der Waals surface area contributed by atoms with Crippen molar-refractivity contribution in [2.45, 2.75) is 6.42 Å². The minimum absolute atomic E-state index is 0.228. The lowest BCUT2D eigenvalue weighted by atomic mass is 10.2. The zero-order valence-corrected chi connectivity index (χ0v) is 13.5. The van der Waals surface area contributed by atoms with E-state index in [-0.39, 0.29) is 5.82 Å². The molecule has 3 aromatic rings. The predicted octanol–water partition coefficient (Wildman–Crippen LogP) is 4.31. The van der Waals surface area contributed by atoms with E-state index in [2.05, 4.69) is 11.9 Å². The van der Waals surface area contributed by atoms with Crippen LogP contribution >= 0.6 is 0 Å². The smallest absolute Gasteiger partial charge is 0.123 e. The highest BCUT2D eigenvalue weighted by atomic mass is 19.1. The molecule has 0 saturated heterocycles. The standard InChI is InChI=1S/C20H21FN2O/c1-2-11-22-12-3-14-24-19-8-9-20-16(15-19)10-13-23(20)18-6-4-17(21)5-7-18/h2,4-10,13,15,22H,1,3,11-12,14H2. The Balaban J connectivity index is 1.67. The Morgan fingerprint density at radius 3 is 2.75 bits per heavy atom. The number of hydrogen-bond acceptors (Lipinski definition) is 2. The molecule has 1 aromatic heterocycles. The lowest BCUT2D eigenvalue weighted by molar-refractivity contribution is 0.309. The average Bonchev–Trinajstić information content (AvgIpc) is 3.02. The molecule has 0 saturated carbocycles. The van der Waals surface area contributed by atoms with Gasteiger partial charge in [-0.05, 0) is 61.5 Å². The number of nitrogens with zero attached hydrogens (tertiary/aromatic N) is 1. The maximum Gasteiger partial charge on any atom is 0.123 e. The van der Waals surface area contributed by atoms with E-state index >= 15 is 0 Å².